The standard InChI is InChI=1S/2C8H19N.C2H7O4P/c2*1-2-3-4-5-6-7-8-9;1-2-6-7(3,4)5/h2*2-9H2,1H3;2H2,1H3,(H2,3,4,5). The van der Waals surface area contributed by atoms with Gasteiger partial charge in [0.25, 0.3) is 0 Å². The lowest BCUT2D eigenvalue weighted by molar-refractivity contribution is -0.368. The number of phosphoric ester groups is 1. The molecule has 0 saturated heterocycles. The third-order valence-electron chi connectivity index (χ3n) is 3.49. The van der Waals surface area contributed by atoms with Crippen LogP contribution in [0.1, 0.15) is 97.8 Å². The fourth-order valence-electron chi connectivity index (χ4n) is 2.07. The van der Waals surface area contributed by atoms with Gasteiger partial charge in [-0.25, -0.2) is 0 Å². The van der Waals surface area contributed by atoms with Crippen LogP contribution in [0.2, 0.25) is 0 Å². The van der Waals surface area contributed by atoms with Crippen molar-refractivity contribution >= 4 is 7.82 Å². The summed E-state index contributed by atoms with van der Waals surface area (Å²) in [4.78, 5) is 19.0. The topological polar surface area (TPSA) is 128 Å². The molecule has 0 aromatic carbocycles. The zero-order valence-corrected chi connectivity index (χ0v) is 18.0. The lowest BCUT2D eigenvalue weighted by Gasteiger charge is -2.27. The molecule has 0 heterocycles. The Labute approximate surface area is 156 Å². The quantitative estimate of drug-likeness (QED) is 0.351. The monoisotopic (exact) mass is 384 g/mol. The Balaban J connectivity index is -0.000000293. The first kappa shape index (κ1) is 29.8. The molecule has 0 amide bonds. The van der Waals surface area contributed by atoms with E-state index in [1.54, 1.807) is 0 Å². The van der Waals surface area contributed by atoms with Crippen LogP contribution in [0.15, 0.2) is 0 Å². The van der Waals surface area contributed by atoms with Crippen LogP contribution in [-0.4, -0.2) is 19.7 Å². The van der Waals surface area contributed by atoms with Gasteiger partial charge < -0.3 is 30.3 Å². The summed E-state index contributed by atoms with van der Waals surface area (Å²) in [6.45, 7) is 8.09. The van der Waals surface area contributed by atoms with Crippen molar-refractivity contribution in [1.29, 1.82) is 0 Å². The van der Waals surface area contributed by atoms with Crippen LogP contribution in [0.25, 0.3) is 0 Å². The van der Waals surface area contributed by atoms with E-state index >= 15 is 0 Å². The first-order valence-corrected chi connectivity index (χ1v) is 11.6. The minimum absolute atomic E-state index is 0.0791. The molecule has 0 spiro atoms. The van der Waals surface area contributed by atoms with Gasteiger partial charge in [-0.05, 0) is 32.6 Å². The lowest BCUT2D eigenvalue weighted by atomic mass is 10.1. The molecule has 0 bridgehead atoms. The summed E-state index contributed by atoms with van der Waals surface area (Å²) in [7, 11) is -4.67. The molecule has 0 saturated carbocycles. The zero-order chi connectivity index (χ0) is 19.8. The van der Waals surface area contributed by atoms with Crippen LogP contribution in [0.4, 0.5) is 0 Å². The number of rotatable bonds is 14. The second kappa shape index (κ2) is 26.3. The Hall–Kier alpha value is 0.0300. The molecule has 25 heavy (non-hydrogen) atoms. The Bertz CT molecular complexity index is 237. The first-order chi connectivity index (χ1) is 11.9. The molecule has 0 unspecified atom stereocenters. The maximum Gasteiger partial charge on any atom is 0.0739 e. The molecule has 0 aromatic rings. The molecule has 0 aliphatic heterocycles. The average molecular weight is 385 g/mol. The highest BCUT2D eigenvalue weighted by Gasteiger charge is 1.88. The van der Waals surface area contributed by atoms with Gasteiger partial charge in [-0.15, -0.1) is 0 Å². The molecule has 0 radical (unpaired) electrons. The van der Waals surface area contributed by atoms with E-state index in [4.69, 9.17) is 0 Å². The van der Waals surface area contributed by atoms with Crippen molar-refractivity contribution in [2.24, 2.45) is 0 Å². The molecular formula is C18H45N2O4P. The fourth-order valence-corrected chi connectivity index (χ4v) is 2.39. The van der Waals surface area contributed by atoms with E-state index in [0.717, 1.165) is 13.1 Å². The smallest absolute Gasteiger partial charge is 0.0739 e. The molecule has 156 valence electrons. The zero-order valence-electron chi connectivity index (χ0n) is 17.1. The summed E-state index contributed by atoms with van der Waals surface area (Å²) in [5.74, 6) is 0. The van der Waals surface area contributed by atoms with E-state index in [0.29, 0.717) is 0 Å². The molecular weight excluding hydrogens is 339 g/mol. The SMILES string of the molecule is CCCCCCCC[NH3+].CCCCCCCC[NH3+].CCOP(=O)([O-])[O-]. The van der Waals surface area contributed by atoms with E-state index in [1.165, 1.54) is 84.0 Å². The molecule has 0 atom stereocenters. The Morgan fingerprint density at radius 1 is 0.680 bits per heavy atom. The third-order valence-corrected chi connectivity index (χ3v) is 4.07. The fraction of sp³-hybridized carbons (Fsp3) is 1.00. The van der Waals surface area contributed by atoms with E-state index in [-0.39, 0.29) is 6.61 Å². The van der Waals surface area contributed by atoms with E-state index in [2.05, 4.69) is 29.8 Å². The number of quaternary nitrogens is 2. The van der Waals surface area contributed by atoms with Gasteiger partial charge in [-0.3, -0.25) is 0 Å². The van der Waals surface area contributed by atoms with E-state index in [9.17, 15) is 14.4 Å². The highest BCUT2D eigenvalue weighted by atomic mass is 31.2. The summed E-state index contributed by atoms with van der Waals surface area (Å²) in [5.41, 5.74) is 7.61. The van der Waals surface area contributed by atoms with Crippen molar-refractivity contribution < 1.29 is 30.3 Å². The largest absolute Gasteiger partial charge is 0.790 e. The van der Waals surface area contributed by atoms with Crippen LogP contribution >= 0.6 is 7.82 Å². The van der Waals surface area contributed by atoms with Gasteiger partial charge in [-0.1, -0.05) is 65.2 Å². The van der Waals surface area contributed by atoms with Gasteiger partial charge >= 0.3 is 0 Å². The molecule has 6 nitrogen and oxygen atoms in total. The lowest BCUT2D eigenvalue weighted by Crippen LogP contribution is -2.50. The second-order valence-electron chi connectivity index (χ2n) is 6.11. The summed E-state index contributed by atoms with van der Waals surface area (Å²) < 4.78 is 13.2. The molecule has 0 aromatic heterocycles. The summed E-state index contributed by atoms with van der Waals surface area (Å²) >= 11 is 0. The first-order valence-electron chi connectivity index (χ1n) is 10.1. The van der Waals surface area contributed by atoms with Crippen LogP contribution in [0.3, 0.4) is 0 Å². The average Bonchev–Trinajstić information content (AvgIpc) is 2.55. The van der Waals surface area contributed by atoms with Gasteiger partial charge in [-0.2, -0.15) is 0 Å². The van der Waals surface area contributed by atoms with E-state index < -0.39 is 7.82 Å². The predicted octanol–water partition coefficient (Wildman–Crippen LogP) is 2.03. The van der Waals surface area contributed by atoms with Crippen molar-refractivity contribution in [1.82, 2.24) is 0 Å². The Morgan fingerprint density at radius 3 is 1.20 bits per heavy atom. The van der Waals surface area contributed by atoms with Gasteiger partial charge in [0.05, 0.1) is 20.9 Å². The number of hydrogen-bond donors (Lipinski definition) is 2. The Morgan fingerprint density at radius 2 is 1.00 bits per heavy atom. The van der Waals surface area contributed by atoms with Crippen LogP contribution in [0.5, 0.6) is 0 Å². The van der Waals surface area contributed by atoms with Gasteiger partial charge in [0.1, 0.15) is 0 Å². The normalized spacial score (nSPS) is 10.5. The van der Waals surface area contributed by atoms with Gasteiger partial charge in [0.2, 0.25) is 0 Å². The minimum Gasteiger partial charge on any atom is -0.790 e. The molecule has 6 N–H and O–H groups in total. The second-order valence-corrected chi connectivity index (χ2v) is 7.26. The van der Waals surface area contributed by atoms with Gasteiger partial charge in [0, 0.05) is 6.61 Å². The summed E-state index contributed by atoms with van der Waals surface area (Å²) in [6.07, 6.45) is 16.7. The van der Waals surface area contributed by atoms with Crippen LogP contribution < -0.4 is 21.3 Å². The number of unbranched alkanes of at least 4 members (excludes halogenated alkanes) is 10. The van der Waals surface area contributed by atoms with Crippen molar-refractivity contribution in [3.8, 4) is 0 Å². The maximum atomic E-state index is 9.48. The van der Waals surface area contributed by atoms with Crippen molar-refractivity contribution in [2.45, 2.75) is 97.8 Å². The van der Waals surface area contributed by atoms with Crippen LogP contribution in [-0.2, 0) is 9.09 Å². The summed E-state index contributed by atoms with van der Waals surface area (Å²) in [6, 6.07) is 0. The minimum atomic E-state index is -4.67. The molecule has 0 aliphatic rings. The van der Waals surface area contributed by atoms with Crippen molar-refractivity contribution in [2.75, 3.05) is 19.7 Å². The maximum absolute atomic E-state index is 9.48. The van der Waals surface area contributed by atoms with Crippen molar-refractivity contribution in [3.05, 3.63) is 0 Å². The van der Waals surface area contributed by atoms with E-state index in [1.807, 2.05) is 0 Å². The molecule has 0 fully saturated rings. The highest BCUT2D eigenvalue weighted by molar-refractivity contribution is 7.43. The summed E-state index contributed by atoms with van der Waals surface area (Å²) in [5, 5.41) is 0. The predicted molar refractivity (Wildman–Crippen MR) is 101 cm³/mol. The number of phosphoric acid groups is 1. The molecule has 0 rings (SSSR count). The van der Waals surface area contributed by atoms with Gasteiger partial charge in [0.15, 0.2) is 0 Å². The highest BCUT2D eigenvalue weighted by Crippen LogP contribution is 2.23. The number of hydrogen-bond acceptors (Lipinski definition) is 4. The molecule has 7 heteroatoms. The molecule has 0 aliphatic carbocycles. The van der Waals surface area contributed by atoms with Crippen LogP contribution in [0, 0.1) is 0 Å². The van der Waals surface area contributed by atoms with Crippen molar-refractivity contribution in [3.63, 3.8) is 0 Å². The third kappa shape index (κ3) is 45.4. The Kier molecular flexibility index (Phi) is 31.3.